The molecule has 0 bridgehead atoms. The summed E-state index contributed by atoms with van der Waals surface area (Å²) in [6.07, 6.45) is 6.37. The SMILES string of the molecule is CC(NC(=O)CCc1ccc(-c2ccccc2)o1)c1ccc(-n2ccnc2)cc1. The Morgan fingerprint density at radius 1 is 1.07 bits per heavy atom. The number of benzene rings is 2. The Labute approximate surface area is 170 Å². The van der Waals surface area contributed by atoms with Crippen LogP contribution in [0.15, 0.2) is 89.9 Å². The van der Waals surface area contributed by atoms with Gasteiger partial charge in [0.2, 0.25) is 5.91 Å². The Balaban J connectivity index is 1.30. The summed E-state index contributed by atoms with van der Waals surface area (Å²) in [4.78, 5) is 16.4. The molecule has 4 rings (SSSR count). The van der Waals surface area contributed by atoms with Gasteiger partial charge in [0.15, 0.2) is 0 Å². The van der Waals surface area contributed by atoms with Gasteiger partial charge < -0.3 is 14.3 Å². The second-order valence-corrected chi connectivity index (χ2v) is 6.98. The summed E-state index contributed by atoms with van der Waals surface area (Å²) in [5.74, 6) is 1.65. The maximum atomic E-state index is 12.4. The van der Waals surface area contributed by atoms with E-state index in [1.54, 1.807) is 12.5 Å². The quantitative estimate of drug-likeness (QED) is 0.490. The van der Waals surface area contributed by atoms with Crippen molar-refractivity contribution >= 4 is 5.91 Å². The zero-order valence-corrected chi connectivity index (χ0v) is 16.3. The van der Waals surface area contributed by atoms with E-state index in [1.807, 2.05) is 84.4 Å². The number of amides is 1. The summed E-state index contributed by atoms with van der Waals surface area (Å²) >= 11 is 0. The van der Waals surface area contributed by atoms with Crippen LogP contribution in [-0.4, -0.2) is 15.5 Å². The van der Waals surface area contributed by atoms with Crippen LogP contribution in [0.25, 0.3) is 17.0 Å². The van der Waals surface area contributed by atoms with Gasteiger partial charge in [-0.05, 0) is 36.8 Å². The molecule has 0 spiro atoms. The average Bonchev–Trinajstić information content (AvgIpc) is 3.45. The van der Waals surface area contributed by atoms with E-state index in [9.17, 15) is 4.79 Å². The molecule has 29 heavy (non-hydrogen) atoms. The lowest BCUT2D eigenvalue weighted by atomic mass is 10.1. The van der Waals surface area contributed by atoms with E-state index >= 15 is 0 Å². The number of nitrogens with zero attached hydrogens (tertiary/aromatic N) is 2. The highest BCUT2D eigenvalue weighted by atomic mass is 16.3. The number of rotatable bonds is 7. The minimum atomic E-state index is -0.0594. The van der Waals surface area contributed by atoms with Crippen molar-refractivity contribution in [1.29, 1.82) is 0 Å². The van der Waals surface area contributed by atoms with Crippen molar-refractivity contribution in [2.75, 3.05) is 0 Å². The first kappa shape index (κ1) is 18.7. The normalized spacial score (nSPS) is 11.9. The fourth-order valence-electron chi connectivity index (χ4n) is 3.25. The van der Waals surface area contributed by atoms with Crippen LogP contribution < -0.4 is 5.32 Å². The average molecular weight is 385 g/mol. The van der Waals surface area contributed by atoms with Crippen LogP contribution in [0.4, 0.5) is 0 Å². The molecule has 4 aromatic rings. The van der Waals surface area contributed by atoms with Crippen molar-refractivity contribution in [3.8, 4) is 17.0 Å². The van der Waals surface area contributed by atoms with Crippen LogP contribution in [0.2, 0.25) is 0 Å². The number of imidazole rings is 1. The van der Waals surface area contributed by atoms with Gasteiger partial charge in [-0.15, -0.1) is 0 Å². The van der Waals surface area contributed by atoms with E-state index in [0.29, 0.717) is 12.8 Å². The molecule has 1 N–H and O–H groups in total. The second-order valence-electron chi connectivity index (χ2n) is 6.98. The first-order valence-corrected chi connectivity index (χ1v) is 9.71. The number of aromatic nitrogens is 2. The highest BCUT2D eigenvalue weighted by Crippen LogP contribution is 2.22. The van der Waals surface area contributed by atoms with E-state index in [4.69, 9.17) is 4.42 Å². The van der Waals surface area contributed by atoms with Gasteiger partial charge in [-0.1, -0.05) is 42.5 Å². The minimum Gasteiger partial charge on any atom is -0.461 e. The van der Waals surface area contributed by atoms with Crippen LogP contribution in [0.5, 0.6) is 0 Å². The van der Waals surface area contributed by atoms with Crippen molar-refractivity contribution in [2.45, 2.75) is 25.8 Å². The Morgan fingerprint density at radius 2 is 1.86 bits per heavy atom. The van der Waals surface area contributed by atoms with Crippen molar-refractivity contribution < 1.29 is 9.21 Å². The lowest BCUT2D eigenvalue weighted by molar-refractivity contribution is -0.121. The standard InChI is InChI=1S/C24H23N3O2/c1-18(19-7-9-21(10-8-19)27-16-15-25-17-27)26-24(28)14-12-22-11-13-23(29-22)20-5-3-2-4-6-20/h2-11,13,15-18H,12,14H2,1H3,(H,26,28). The molecule has 2 aromatic carbocycles. The summed E-state index contributed by atoms with van der Waals surface area (Å²) in [6.45, 7) is 1.99. The molecule has 5 heteroatoms. The lowest BCUT2D eigenvalue weighted by Crippen LogP contribution is -2.26. The Kier molecular flexibility index (Phi) is 5.56. The van der Waals surface area contributed by atoms with Gasteiger partial charge in [0, 0.05) is 36.5 Å². The molecule has 1 amide bonds. The first-order valence-electron chi connectivity index (χ1n) is 9.71. The third-order valence-corrected chi connectivity index (χ3v) is 4.89. The predicted molar refractivity (Wildman–Crippen MR) is 113 cm³/mol. The summed E-state index contributed by atoms with van der Waals surface area (Å²) < 4.78 is 7.82. The largest absolute Gasteiger partial charge is 0.461 e. The second kappa shape index (κ2) is 8.61. The molecule has 0 aliphatic rings. The van der Waals surface area contributed by atoms with Crippen molar-refractivity contribution in [1.82, 2.24) is 14.9 Å². The number of hydrogen-bond donors (Lipinski definition) is 1. The topological polar surface area (TPSA) is 60.1 Å². The van der Waals surface area contributed by atoms with Crippen LogP contribution in [0.3, 0.4) is 0 Å². The monoisotopic (exact) mass is 385 g/mol. The summed E-state index contributed by atoms with van der Waals surface area (Å²) in [5, 5.41) is 3.06. The highest BCUT2D eigenvalue weighted by Gasteiger charge is 2.11. The third kappa shape index (κ3) is 4.63. The number of carbonyl (C=O) groups is 1. The smallest absolute Gasteiger partial charge is 0.220 e. The summed E-state index contributed by atoms with van der Waals surface area (Å²) in [5.41, 5.74) is 3.14. The first-order chi connectivity index (χ1) is 14.2. The van der Waals surface area contributed by atoms with Gasteiger partial charge in [0.05, 0.1) is 12.4 Å². The zero-order chi connectivity index (χ0) is 20.1. The minimum absolute atomic E-state index is 0.00819. The van der Waals surface area contributed by atoms with E-state index in [0.717, 1.165) is 28.3 Å². The van der Waals surface area contributed by atoms with Gasteiger partial charge in [-0.3, -0.25) is 4.79 Å². The fourth-order valence-corrected chi connectivity index (χ4v) is 3.25. The molecule has 2 aromatic heterocycles. The van der Waals surface area contributed by atoms with Gasteiger partial charge >= 0.3 is 0 Å². The molecule has 146 valence electrons. The maximum Gasteiger partial charge on any atom is 0.220 e. The molecule has 2 heterocycles. The number of aryl methyl sites for hydroxylation is 1. The van der Waals surface area contributed by atoms with Gasteiger partial charge in [0.1, 0.15) is 11.5 Å². The molecule has 5 nitrogen and oxygen atoms in total. The number of hydrogen-bond acceptors (Lipinski definition) is 3. The number of furan rings is 1. The number of nitrogens with one attached hydrogen (secondary N) is 1. The summed E-state index contributed by atoms with van der Waals surface area (Å²) in [6, 6.07) is 21.9. The van der Waals surface area contributed by atoms with Crippen LogP contribution in [0.1, 0.15) is 30.7 Å². The van der Waals surface area contributed by atoms with Crippen molar-refractivity contribution in [3.63, 3.8) is 0 Å². The van der Waals surface area contributed by atoms with Crippen LogP contribution in [-0.2, 0) is 11.2 Å². The fraction of sp³-hybridized carbons (Fsp3) is 0.167. The van der Waals surface area contributed by atoms with Gasteiger partial charge in [-0.2, -0.15) is 0 Å². The van der Waals surface area contributed by atoms with Crippen LogP contribution in [0, 0.1) is 0 Å². The van der Waals surface area contributed by atoms with Crippen molar-refractivity contribution in [2.24, 2.45) is 0 Å². The molecule has 1 unspecified atom stereocenters. The molecule has 0 fully saturated rings. The molecular weight excluding hydrogens is 362 g/mol. The lowest BCUT2D eigenvalue weighted by Gasteiger charge is -2.15. The Hall–Kier alpha value is -3.60. The van der Waals surface area contributed by atoms with Crippen molar-refractivity contribution in [3.05, 3.63) is 96.8 Å². The van der Waals surface area contributed by atoms with E-state index in [-0.39, 0.29) is 11.9 Å². The molecule has 0 saturated heterocycles. The van der Waals surface area contributed by atoms with E-state index in [2.05, 4.69) is 10.3 Å². The molecule has 0 aliphatic heterocycles. The molecule has 1 atom stereocenters. The number of carbonyl (C=O) groups excluding carboxylic acids is 1. The molecular formula is C24H23N3O2. The molecule has 0 radical (unpaired) electrons. The summed E-state index contributed by atoms with van der Waals surface area (Å²) in [7, 11) is 0. The van der Waals surface area contributed by atoms with Gasteiger partial charge in [0.25, 0.3) is 0 Å². The highest BCUT2D eigenvalue weighted by molar-refractivity contribution is 5.76. The molecule has 0 aliphatic carbocycles. The van der Waals surface area contributed by atoms with Crippen LogP contribution >= 0.6 is 0 Å². The molecule has 0 saturated carbocycles. The zero-order valence-electron chi connectivity index (χ0n) is 16.3. The Bertz CT molecular complexity index is 1050. The maximum absolute atomic E-state index is 12.4. The third-order valence-electron chi connectivity index (χ3n) is 4.89. The van der Waals surface area contributed by atoms with E-state index in [1.165, 1.54) is 0 Å². The predicted octanol–water partition coefficient (Wildman–Crippen LogP) is 4.94. The van der Waals surface area contributed by atoms with Gasteiger partial charge in [-0.25, -0.2) is 4.98 Å². The Morgan fingerprint density at radius 3 is 2.59 bits per heavy atom. The van der Waals surface area contributed by atoms with E-state index < -0.39 is 0 Å².